The number of halogens is 2. The molecule has 3 N–H and O–H groups in total. The molecule has 0 bridgehead atoms. The molecule has 0 aliphatic carbocycles. The smallest absolute Gasteiger partial charge is 0.328 e. The first-order valence-corrected chi connectivity index (χ1v) is 6.58. The Morgan fingerprint density at radius 2 is 1.89 bits per heavy atom. The lowest BCUT2D eigenvalue weighted by Gasteiger charge is -2.21. The second-order valence-electron chi connectivity index (χ2n) is 4.13. The summed E-state index contributed by atoms with van der Waals surface area (Å²) >= 11 is 6.57. The monoisotopic (exact) mass is 378 g/mol. The maximum absolute atomic E-state index is 11.7. The number of rotatable bonds is 3. The molecule has 0 atom stereocenters. The third-order valence-corrected chi connectivity index (χ3v) is 3.32. The summed E-state index contributed by atoms with van der Waals surface area (Å²) in [6.45, 7) is 2.82. The highest BCUT2D eigenvalue weighted by atomic mass is 79.9. The molecular formula is C11H12Br2N2O3. The van der Waals surface area contributed by atoms with Crippen LogP contribution in [0.5, 0.6) is 0 Å². The molecule has 0 saturated heterocycles. The lowest BCUT2D eigenvalue weighted by atomic mass is 10.1. The van der Waals surface area contributed by atoms with E-state index in [0.717, 1.165) is 4.47 Å². The van der Waals surface area contributed by atoms with Crippen molar-refractivity contribution < 1.29 is 14.7 Å². The Bertz CT molecular complexity index is 489. The van der Waals surface area contributed by atoms with Crippen molar-refractivity contribution in [2.45, 2.75) is 19.4 Å². The van der Waals surface area contributed by atoms with E-state index in [1.54, 1.807) is 12.1 Å². The van der Waals surface area contributed by atoms with E-state index in [4.69, 9.17) is 5.11 Å². The standard InChI is InChI=1S/C11H12Br2N2O3/c1-11(2,9(16)17)15-10(18)14-8-5-6(12)3-4-7(8)13/h3-5H,1-2H3,(H,16,17)(H2,14,15,18). The van der Waals surface area contributed by atoms with Gasteiger partial charge >= 0.3 is 12.0 Å². The molecule has 0 aromatic heterocycles. The molecule has 0 aliphatic heterocycles. The van der Waals surface area contributed by atoms with Crippen LogP contribution in [-0.2, 0) is 4.79 Å². The average Bonchev–Trinajstić information content (AvgIpc) is 2.22. The van der Waals surface area contributed by atoms with E-state index in [2.05, 4.69) is 42.5 Å². The molecule has 2 amide bonds. The Kier molecular flexibility index (Phi) is 4.75. The van der Waals surface area contributed by atoms with Gasteiger partial charge in [-0.1, -0.05) is 15.9 Å². The third-order valence-electron chi connectivity index (χ3n) is 2.14. The minimum Gasteiger partial charge on any atom is -0.480 e. The maximum Gasteiger partial charge on any atom is 0.328 e. The first-order chi connectivity index (χ1) is 8.22. The van der Waals surface area contributed by atoms with Crippen LogP contribution in [-0.4, -0.2) is 22.6 Å². The Balaban J connectivity index is 2.77. The summed E-state index contributed by atoms with van der Waals surface area (Å²) in [5, 5.41) is 13.8. The molecule has 18 heavy (non-hydrogen) atoms. The van der Waals surface area contributed by atoms with Gasteiger partial charge < -0.3 is 15.7 Å². The van der Waals surface area contributed by atoms with Crippen molar-refractivity contribution in [3.8, 4) is 0 Å². The minimum atomic E-state index is -1.33. The van der Waals surface area contributed by atoms with Gasteiger partial charge in [0, 0.05) is 8.95 Å². The molecule has 0 aliphatic rings. The van der Waals surface area contributed by atoms with Crippen LogP contribution in [0.25, 0.3) is 0 Å². The Morgan fingerprint density at radius 1 is 1.28 bits per heavy atom. The number of hydrogen-bond donors (Lipinski definition) is 3. The zero-order valence-corrected chi connectivity index (χ0v) is 12.9. The summed E-state index contributed by atoms with van der Waals surface area (Å²) in [5.74, 6) is -1.11. The van der Waals surface area contributed by atoms with Crippen molar-refractivity contribution in [3.63, 3.8) is 0 Å². The number of carbonyl (C=O) groups is 2. The fraction of sp³-hybridized carbons (Fsp3) is 0.273. The molecule has 0 fully saturated rings. The Morgan fingerprint density at radius 3 is 2.44 bits per heavy atom. The van der Waals surface area contributed by atoms with Crippen molar-refractivity contribution in [2.75, 3.05) is 5.32 Å². The summed E-state index contributed by atoms with van der Waals surface area (Å²) in [4.78, 5) is 22.5. The molecule has 1 aromatic rings. The summed E-state index contributed by atoms with van der Waals surface area (Å²) < 4.78 is 1.51. The van der Waals surface area contributed by atoms with Crippen molar-refractivity contribution >= 4 is 49.5 Å². The second-order valence-corrected chi connectivity index (χ2v) is 5.90. The number of anilines is 1. The molecule has 0 saturated carbocycles. The van der Waals surface area contributed by atoms with Crippen molar-refractivity contribution in [1.29, 1.82) is 0 Å². The van der Waals surface area contributed by atoms with Crippen LogP contribution in [0.15, 0.2) is 27.1 Å². The average molecular weight is 380 g/mol. The fourth-order valence-electron chi connectivity index (χ4n) is 1.08. The van der Waals surface area contributed by atoms with Gasteiger partial charge in [0.15, 0.2) is 0 Å². The molecule has 1 rings (SSSR count). The quantitative estimate of drug-likeness (QED) is 0.754. The van der Waals surface area contributed by atoms with Gasteiger partial charge in [0.2, 0.25) is 0 Å². The van der Waals surface area contributed by atoms with Gasteiger partial charge in [-0.25, -0.2) is 9.59 Å². The van der Waals surface area contributed by atoms with Crippen molar-refractivity contribution in [1.82, 2.24) is 5.32 Å². The molecule has 0 unspecified atom stereocenters. The molecule has 5 nitrogen and oxygen atoms in total. The number of nitrogens with one attached hydrogen (secondary N) is 2. The van der Waals surface area contributed by atoms with Crippen LogP contribution in [0.1, 0.15) is 13.8 Å². The van der Waals surface area contributed by atoms with Crippen LogP contribution in [0.4, 0.5) is 10.5 Å². The van der Waals surface area contributed by atoms with E-state index in [1.165, 1.54) is 13.8 Å². The maximum atomic E-state index is 11.7. The summed E-state index contributed by atoms with van der Waals surface area (Å²) in [5.41, 5.74) is -0.786. The van der Waals surface area contributed by atoms with E-state index in [1.807, 2.05) is 6.07 Å². The highest BCUT2D eigenvalue weighted by Crippen LogP contribution is 2.26. The molecule has 7 heteroatoms. The molecule has 0 spiro atoms. The summed E-state index contributed by atoms with van der Waals surface area (Å²) in [7, 11) is 0. The summed E-state index contributed by atoms with van der Waals surface area (Å²) in [6.07, 6.45) is 0. The number of hydrogen-bond acceptors (Lipinski definition) is 2. The highest BCUT2D eigenvalue weighted by Gasteiger charge is 2.29. The lowest BCUT2D eigenvalue weighted by Crippen LogP contribution is -2.51. The zero-order chi connectivity index (χ0) is 13.9. The van der Waals surface area contributed by atoms with Crippen LogP contribution in [0.2, 0.25) is 0 Å². The first kappa shape index (κ1) is 15.0. The topological polar surface area (TPSA) is 78.4 Å². The second kappa shape index (κ2) is 5.71. The summed E-state index contributed by atoms with van der Waals surface area (Å²) in [6, 6.07) is 4.70. The minimum absolute atomic E-state index is 0.545. The number of urea groups is 1. The van der Waals surface area contributed by atoms with Crippen LogP contribution in [0.3, 0.4) is 0 Å². The van der Waals surface area contributed by atoms with E-state index in [-0.39, 0.29) is 0 Å². The van der Waals surface area contributed by atoms with E-state index >= 15 is 0 Å². The number of carbonyl (C=O) groups excluding carboxylic acids is 1. The van der Waals surface area contributed by atoms with Gasteiger partial charge in [0.05, 0.1) is 5.69 Å². The molecule has 98 valence electrons. The number of carboxylic acids is 1. The lowest BCUT2D eigenvalue weighted by molar-refractivity contribution is -0.142. The third kappa shape index (κ3) is 3.99. The highest BCUT2D eigenvalue weighted by molar-refractivity contribution is 9.11. The normalized spacial score (nSPS) is 10.9. The van der Waals surface area contributed by atoms with Gasteiger partial charge in [-0.15, -0.1) is 0 Å². The number of carboxylic acid groups (broad SMARTS) is 1. The predicted octanol–water partition coefficient (Wildman–Crippen LogP) is 3.20. The van der Waals surface area contributed by atoms with Crippen molar-refractivity contribution in [3.05, 3.63) is 27.1 Å². The van der Waals surface area contributed by atoms with E-state index in [0.29, 0.717) is 10.2 Å². The van der Waals surface area contributed by atoms with Crippen molar-refractivity contribution in [2.24, 2.45) is 0 Å². The molecule has 1 aromatic carbocycles. The largest absolute Gasteiger partial charge is 0.480 e. The van der Waals surface area contributed by atoms with E-state index < -0.39 is 17.5 Å². The van der Waals surface area contributed by atoms with E-state index in [9.17, 15) is 9.59 Å². The SMILES string of the molecule is CC(C)(NC(=O)Nc1cc(Br)ccc1Br)C(=O)O. The van der Waals surface area contributed by atoms with Gasteiger partial charge in [-0.2, -0.15) is 0 Å². The van der Waals surface area contributed by atoms with Gasteiger partial charge in [-0.05, 0) is 48.0 Å². The van der Waals surface area contributed by atoms with Gasteiger partial charge in [0.1, 0.15) is 5.54 Å². The first-order valence-electron chi connectivity index (χ1n) is 5.00. The van der Waals surface area contributed by atoms with Gasteiger partial charge in [0.25, 0.3) is 0 Å². The number of aliphatic carboxylic acids is 1. The zero-order valence-electron chi connectivity index (χ0n) is 9.75. The van der Waals surface area contributed by atoms with Gasteiger partial charge in [-0.3, -0.25) is 0 Å². The molecule has 0 radical (unpaired) electrons. The Hall–Kier alpha value is -1.08. The number of benzene rings is 1. The molecular weight excluding hydrogens is 368 g/mol. The van der Waals surface area contributed by atoms with Crippen LogP contribution >= 0.6 is 31.9 Å². The fourth-order valence-corrected chi connectivity index (χ4v) is 1.79. The Labute approximate surface area is 121 Å². The van der Waals surface area contributed by atoms with Crippen LogP contribution < -0.4 is 10.6 Å². The predicted molar refractivity (Wildman–Crippen MR) is 75.7 cm³/mol. The van der Waals surface area contributed by atoms with Crippen LogP contribution in [0, 0.1) is 0 Å². The number of amides is 2. The molecule has 0 heterocycles.